The second-order valence-electron chi connectivity index (χ2n) is 16.9. The maximum atomic E-state index is 2.47. The average Bonchev–Trinajstić information content (AvgIpc) is 3.73. The third-order valence-corrected chi connectivity index (χ3v) is 13.1. The largest absolute Gasteiger partial charge is 0.337 e. The van der Waals surface area contributed by atoms with Gasteiger partial charge in [0, 0.05) is 34.3 Å². The van der Waals surface area contributed by atoms with Gasteiger partial charge in [-0.3, -0.25) is 0 Å². The van der Waals surface area contributed by atoms with Crippen molar-refractivity contribution in [2.24, 2.45) is 0 Å². The zero-order valence-corrected chi connectivity index (χ0v) is 35.9. The van der Waals surface area contributed by atoms with Crippen molar-refractivity contribution in [1.29, 1.82) is 0 Å². The van der Waals surface area contributed by atoms with E-state index in [0.717, 1.165) is 22.6 Å². The zero-order valence-electron chi connectivity index (χ0n) is 35.9. The monoisotopic (exact) mass is 828 g/mol. The minimum atomic E-state index is 0.698. The summed E-state index contributed by atoms with van der Waals surface area (Å²) in [6, 6.07) is 92.9. The Labute approximate surface area is 379 Å². The van der Waals surface area contributed by atoms with E-state index in [0.29, 0.717) is 6.54 Å². The standard InChI is InChI=1S/C63H44N2/c1-3-16-44(17-4-1)46-32-37-53(38-33-46)64(43-52-22-9-10-24-55(52)51-31-30-45-18-7-8-21-50(45)42-51)54-39-34-48(35-40-54)56-25-11-13-28-59(56)65-60-29-14-12-26-58(60)63-61(65)41-36-49-23-15-27-57(62(49)63)47-19-5-2-6-20-47/h1-42H,43H2. The summed E-state index contributed by atoms with van der Waals surface area (Å²) in [5.74, 6) is 0. The van der Waals surface area contributed by atoms with Crippen LogP contribution in [0.1, 0.15) is 5.56 Å². The van der Waals surface area contributed by atoms with Crippen LogP contribution in [0.15, 0.2) is 255 Å². The first kappa shape index (κ1) is 38.2. The first-order chi connectivity index (χ1) is 32.2. The van der Waals surface area contributed by atoms with Crippen molar-refractivity contribution in [1.82, 2.24) is 4.57 Å². The number of nitrogens with zero attached hydrogens (tertiary/aromatic N) is 2. The van der Waals surface area contributed by atoms with Crippen LogP contribution in [0.4, 0.5) is 11.4 Å². The lowest BCUT2D eigenvalue weighted by Crippen LogP contribution is -2.17. The SMILES string of the molecule is c1ccc(-c2ccc(N(Cc3ccccc3-c3ccc4ccccc4c3)c3ccc(-c4ccccc4-n4c5ccccc5c5c6c(-c7ccccc7)cccc6ccc54)cc3)cc2)cc1. The van der Waals surface area contributed by atoms with E-state index in [1.165, 1.54) is 87.9 Å². The number of fused-ring (bicyclic) bond motifs is 6. The van der Waals surface area contributed by atoms with Gasteiger partial charge >= 0.3 is 0 Å². The Morgan fingerprint density at radius 2 is 0.846 bits per heavy atom. The van der Waals surface area contributed by atoms with Crippen LogP contribution in [-0.4, -0.2) is 4.57 Å². The van der Waals surface area contributed by atoms with Crippen molar-refractivity contribution < 1.29 is 0 Å². The van der Waals surface area contributed by atoms with Crippen LogP contribution in [0.5, 0.6) is 0 Å². The minimum absolute atomic E-state index is 0.698. The molecule has 2 heteroatoms. The predicted octanol–water partition coefficient (Wildman–Crippen LogP) is 17.1. The number of para-hydroxylation sites is 2. The molecule has 0 radical (unpaired) electrons. The fraction of sp³-hybridized carbons (Fsp3) is 0.0159. The Kier molecular flexibility index (Phi) is 9.61. The van der Waals surface area contributed by atoms with E-state index in [-0.39, 0.29) is 0 Å². The van der Waals surface area contributed by atoms with E-state index < -0.39 is 0 Å². The topological polar surface area (TPSA) is 8.17 Å². The van der Waals surface area contributed by atoms with E-state index in [4.69, 9.17) is 0 Å². The first-order valence-electron chi connectivity index (χ1n) is 22.5. The molecule has 0 saturated heterocycles. The molecule has 12 rings (SSSR count). The molecule has 1 heterocycles. The molecule has 2 nitrogen and oxygen atoms in total. The van der Waals surface area contributed by atoms with E-state index in [9.17, 15) is 0 Å². The van der Waals surface area contributed by atoms with Crippen LogP contribution in [-0.2, 0) is 6.54 Å². The number of anilines is 2. The van der Waals surface area contributed by atoms with E-state index in [2.05, 4.69) is 264 Å². The molecule has 1 aromatic heterocycles. The molecule has 0 aliphatic heterocycles. The van der Waals surface area contributed by atoms with Crippen LogP contribution < -0.4 is 4.90 Å². The van der Waals surface area contributed by atoms with Crippen LogP contribution in [0.2, 0.25) is 0 Å². The normalized spacial score (nSPS) is 11.4. The van der Waals surface area contributed by atoms with Crippen LogP contribution in [0.25, 0.3) is 93.5 Å². The second kappa shape index (κ2) is 16.3. The number of rotatable bonds is 9. The smallest absolute Gasteiger partial charge is 0.0548 e. The van der Waals surface area contributed by atoms with Crippen molar-refractivity contribution in [3.05, 3.63) is 260 Å². The van der Waals surface area contributed by atoms with E-state index in [1.807, 2.05) is 0 Å². The summed E-state index contributed by atoms with van der Waals surface area (Å²) in [6.07, 6.45) is 0. The van der Waals surface area contributed by atoms with Gasteiger partial charge in [-0.05, 0) is 115 Å². The molecule has 0 atom stereocenters. The molecule has 11 aromatic carbocycles. The number of hydrogen-bond donors (Lipinski definition) is 0. The molecule has 0 unspecified atom stereocenters. The van der Waals surface area contributed by atoms with Gasteiger partial charge in [-0.2, -0.15) is 0 Å². The maximum Gasteiger partial charge on any atom is 0.0548 e. The summed E-state index contributed by atoms with van der Waals surface area (Å²) >= 11 is 0. The fourth-order valence-corrected chi connectivity index (χ4v) is 9.95. The van der Waals surface area contributed by atoms with Gasteiger partial charge in [-0.1, -0.05) is 206 Å². The summed E-state index contributed by atoms with van der Waals surface area (Å²) in [5.41, 5.74) is 16.8. The quantitative estimate of drug-likeness (QED) is 0.141. The van der Waals surface area contributed by atoms with Gasteiger partial charge in [0.2, 0.25) is 0 Å². The van der Waals surface area contributed by atoms with Gasteiger partial charge in [0.1, 0.15) is 0 Å². The molecular weight excluding hydrogens is 785 g/mol. The van der Waals surface area contributed by atoms with Gasteiger partial charge in [-0.15, -0.1) is 0 Å². The summed E-state index contributed by atoms with van der Waals surface area (Å²) in [7, 11) is 0. The Morgan fingerprint density at radius 3 is 1.63 bits per heavy atom. The zero-order chi connectivity index (χ0) is 43.1. The Bertz CT molecular complexity index is 3660. The number of benzene rings is 11. The highest BCUT2D eigenvalue weighted by Gasteiger charge is 2.20. The third kappa shape index (κ3) is 6.93. The highest BCUT2D eigenvalue weighted by molar-refractivity contribution is 6.25. The van der Waals surface area contributed by atoms with Gasteiger partial charge in [0.25, 0.3) is 0 Å². The summed E-state index contributed by atoms with van der Waals surface area (Å²) < 4.78 is 2.47. The van der Waals surface area contributed by atoms with Gasteiger partial charge < -0.3 is 9.47 Å². The van der Waals surface area contributed by atoms with Crippen LogP contribution >= 0.6 is 0 Å². The van der Waals surface area contributed by atoms with Crippen LogP contribution in [0, 0.1) is 0 Å². The summed E-state index contributed by atoms with van der Waals surface area (Å²) in [5, 5.41) is 7.55. The molecule has 0 amide bonds. The summed E-state index contributed by atoms with van der Waals surface area (Å²) in [6.45, 7) is 0.698. The Hall–Kier alpha value is -8.46. The molecule has 65 heavy (non-hydrogen) atoms. The number of hydrogen-bond acceptors (Lipinski definition) is 1. The fourth-order valence-electron chi connectivity index (χ4n) is 9.95. The molecule has 0 aliphatic rings. The molecule has 0 spiro atoms. The van der Waals surface area contributed by atoms with Crippen molar-refractivity contribution in [2.75, 3.05) is 4.90 Å². The Balaban J connectivity index is 0.971. The molecular formula is C63H44N2. The molecule has 0 aliphatic carbocycles. The molecule has 0 N–H and O–H groups in total. The highest BCUT2D eigenvalue weighted by Crippen LogP contribution is 2.43. The lowest BCUT2D eigenvalue weighted by atomic mass is 9.94. The van der Waals surface area contributed by atoms with Crippen molar-refractivity contribution >= 4 is 54.7 Å². The number of aromatic nitrogens is 1. The highest BCUT2D eigenvalue weighted by atomic mass is 15.1. The van der Waals surface area contributed by atoms with Gasteiger partial charge in [0.05, 0.1) is 16.7 Å². The van der Waals surface area contributed by atoms with Crippen molar-refractivity contribution in [3.63, 3.8) is 0 Å². The average molecular weight is 829 g/mol. The third-order valence-electron chi connectivity index (χ3n) is 13.1. The molecule has 0 saturated carbocycles. The summed E-state index contributed by atoms with van der Waals surface area (Å²) in [4.78, 5) is 2.45. The van der Waals surface area contributed by atoms with E-state index in [1.54, 1.807) is 0 Å². The molecule has 0 bridgehead atoms. The minimum Gasteiger partial charge on any atom is -0.337 e. The lowest BCUT2D eigenvalue weighted by Gasteiger charge is -2.27. The second-order valence-corrected chi connectivity index (χ2v) is 16.9. The van der Waals surface area contributed by atoms with Gasteiger partial charge in [-0.25, -0.2) is 0 Å². The van der Waals surface area contributed by atoms with E-state index >= 15 is 0 Å². The van der Waals surface area contributed by atoms with Gasteiger partial charge in [0.15, 0.2) is 0 Å². The Morgan fingerprint density at radius 1 is 0.308 bits per heavy atom. The van der Waals surface area contributed by atoms with Crippen molar-refractivity contribution in [2.45, 2.75) is 6.54 Å². The molecule has 12 aromatic rings. The first-order valence-corrected chi connectivity index (χ1v) is 22.5. The van der Waals surface area contributed by atoms with Crippen molar-refractivity contribution in [3.8, 4) is 50.2 Å². The lowest BCUT2D eigenvalue weighted by molar-refractivity contribution is 0.977. The molecule has 306 valence electrons. The predicted molar refractivity (Wildman–Crippen MR) is 276 cm³/mol. The maximum absolute atomic E-state index is 2.47. The van der Waals surface area contributed by atoms with Crippen LogP contribution in [0.3, 0.4) is 0 Å². The molecule has 0 fully saturated rings.